The zero-order valence-corrected chi connectivity index (χ0v) is 48.0. The molecule has 2 atom stereocenters. The normalized spacial score (nSPS) is 15.9. The molecule has 0 N–H and O–H groups in total. The monoisotopic (exact) mass is 1140 g/mol. The van der Waals surface area contributed by atoms with Crippen LogP contribution in [-0.2, 0) is 21.7 Å². The first-order valence-corrected chi connectivity index (χ1v) is 28.1. The van der Waals surface area contributed by atoms with Crippen molar-refractivity contribution in [3.8, 4) is 45.3 Å². The lowest BCUT2D eigenvalue weighted by molar-refractivity contribution is 0.112. The molecule has 5 heteroatoms. The Hall–Kier alpha value is -7.83. The summed E-state index contributed by atoms with van der Waals surface area (Å²) in [5.41, 5.74) is 18.7. The summed E-state index contributed by atoms with van der Waals surface area (Å²) in [7, 11) is 0. The van der Waals surface area contributed by atoms with Crippen LogP contribution in [0.5, 0.6) is 23.0 Å². The molecule has 0 aromatic heterocycles. The fraction of sp³-hybridized carbons (Fsp3) is 0.137. The average molecular weight is 1150 g/mol. The number of ether oxygens (including phenoxy) is 2. The van der Waals surface area contributed by atoms with Crippen LogP contribution in [0.3, 0.4) is 0 Å². The Labute approximate surface area is 476 Å². The van der Waals surface area contributed by atoms with E-state index in [2.05, 4.69) is 250 Å². The zero-order chi connectivity index (χ0) is 54.4. The Kier molecular flexibility index (Phi) is 14.0. The molecular weight excluding hydrogens is 1080 g/mol. The third-order valence-corrected chi connectivity index (χ3v) is 16.5. The van der Waals surface area contributed by atoms with Crippen molar-refractivity contribution in [3.05, 3.63) is 313 Å². The summed E-state index contributed by atoms with van der Waals surface area (Å²) in [6, 6.07) is 81.4. The largest absolute Gasteiger partial charge is 0.457 e. The van der Waals surface area contributed by atoms with Gasteiger partial charge in [-0.05, 0) is 179 Å². The van der Waals surface area contributed by atoms with Crippen molar-refractivity contribution < 1.29 is 14.3 Å². The van der Waals surface area contributed by atoms with Crippen LogP contribution in [0.25, 0.3) is 28.3 Å². The Morgan fingerprint density at radius 2 is 0.679 bits per heavy atom. The van der Waals surface area contributed by atoms with Crippen molar-refractivity contribution in [2.75, 3.05) is 0 Å². The quantitative estimate of drug-likeness (QED) is 0.128. The van der Waals surface area contributed by atoms with Crippen LogP contribution in [0.2, 0.25) is 0 Å². The van der Waals surface area contributed by atoms with Gasteiger partial charge in [0.15, 0.2) is 0 Å². The van der Waals surface area contributed by atoms with Crippen LogP contribution in [0.1, 0.15) is 113 Å². The number of carbonyl (C=O) groups excluding carboxylic acids is 1. The number of hydrogen-bond donors (Lipinski definition) is 0. The average Bonchev–Trinajstić information content (AvgIpc) is 4.16. The van der Waals surface area contributed by atoms with Crippen molar-refractivity contribution in [1.29, 1.82) is 0 Å². The van der Waals surface area contributed by atoms with E-state index in [0.29, 0.717) is 11.3 Å². The predicted molar refractivity (Wildman–Crippen MR) is 329 cm³/mol. The molecule has 2 aliphatic carbocycles. The van der Waals surface area contributed by atoms with E-state index in [1.54, 1.807) is 12.1 Å². The fourth-order valence-electron chi connectivity index (χ4n) is 11.6. The second-order valence-electron chi connectivity index (χ2n) is 22.3. The minimum Gasteiger partial charge on any atom is -0.457 e. The second kappa shape index (κ2) is 20.8. The molecule has 2 aliphatic rings. The highest BCUT2D eigenvalue weighted by Gasteiger charge is 2.48. The fourth-order valence-corrected chi connectivity index (χ4v) is 12.3. The van der Waals surface area contributed by atoms with Crippen molar-refractivity contribution in [2.45, 2.75) is 63.2 Å². The van der Waals surface area contributed by atoms with E-state index in [9.17, 15) is 4.79 Å². The Morgan fingerprint density at radius 3 is 1.01 bits per heavy atom. The molecule has 0 bridgehead atoms. The Balaban J connectivity index is 0.000000165. The molecule has 0 radical (unpaired) electrons. The van der Waals surface area contributed by atoms with Gasteiger partial charge in [0.05, 0.1) is 10.8 Å². The molecule has 3 nitrogen and oxygen atoms in total. The van der Waals surface area contributed by atoms with Gasteiger partial charge in [0, 0.05) is 14.5 Å². The first kappa shape index (κ1) is 52.2. The summed E-state index contributed by atoms with van der Waals surface area (Å²) in [6.07, 6.45) is 2.67. The van der Waals surface area contributed by atoms with Gasteiger partial charge in [-0.15, -0.1) is 0 Å². The Morgan fingerprint density at radius 1 is 0.372 bits per heavy atom. The van der Waals surface area contributed by atoms with E-state index in [1.165, 1.54) is 77.9 Å². The molecule has 0 saturated carbocycles. The summed E-state index contributed by atoms with van der Waals surface area (Å²) in [4.78, 5) is 11.0. The summed E-state index contributed by atoms with van der Waals surface area (Å²) in [6.45, 7) is 17.4. The second-order valence-corrected chi connectivity index (χ2v) is 24.2. The number of fused-ring (bicyclic) bond motifs is 6. The highest BCUT2D eigenvalue weighted by molar-refractivity contribution is 9.10. The van der Waals surface area contributed by atoms with Gasteiger partial charge in [-0.2, -0.15) is 0 Å². The van der Waals surface area contributed by atoms with Crippen molar-refractivity contribution in [3.63, 3.8) is 0 Å². The molecule has 78 heavy (non-hydrogen) atoms. The minimum atomic E-state index is -0.476. The third-order valence-electron chi connectivity index (χ3n) is 15.6. The van der Waals surface area contributed by atoms with Gasteiger partial charge < -0.3 is 9.47 Å². The standard InChI is InChI=1S/C37H31BrO.C36H29BrO2/c1-5-25-10-19-30(20-11-25)39-31-21-16-28(17-22-31)37(27-14-12-26(13-15-27)36(2,3)4)34-9-7-6-8-32(34)33-23-18-29(38)24-35(33)37;1-35(2,3)25-10-12-26(13-11-25)36(33-7-5-4-6-31(33)32-21-16-28(37)22-34(32)36)27-14-19-30(20-15-27)39-29-17-8-24(23-38)9-18-29/h5-24H,1H2,2-4H3;4-23H,1-3H3. The molecule has 0 aliphatic heterocycles. The molecule has 0 saturated heterocycles. The van der Waals surface area contributed by atoms with Crippen molar-refractivity contribution >= 4 is 44.2 Å². The number of halogens is 2. The van der Waals surface area contributed by atoms with E-state index in [0.717, 1.165) is 38.0 Å². The maximum Gasteiger partial charge on any atom is 0.150 e. The van der Waals surface area contributed by atoms with Gasteiger partial charge in [-0.1, -0.05) is 232 Å². The van der Waals surface area contributed by atoms with Crippen molar-refractivity contribution in [1.82, 2.24) is 0 Å². The maximum absolute atomic E-state index is 11.0. The zero-order valence-electron chi connectivity index (χ0n) is 44.8. The van der Waals surface area contributed by atoms with E-state index >= 15 is 0 Å². The van der Waals surface area contributed by atoms with Gasteiger partial charge in [-0.25, -0.2) is 0 Å². The Bertz CT molecular complexity index is 3570. The number of carbonyl (C=O) groups is 1. The van der Waals surface area contributed by atoms with Crippen LogP contribution in [-0.4, -0.2) is 6.29 Å². The number of aldehydes is 1. The molecule has 0 heterocycles. The lowest BCUT2D eigenvalue weighted by Crippen LogP contribution is -2.28. The topological polar surface area (TPSA) is 35.5 Å². The summed E-state index contributed by atoms with van der Waals surface area (Å²) in [5.74, 6) is 3.06. The van der Waals surface area contributed by atoms with E-state index in [-0.39, 0.29) is 10.8 Å². The number of hydrogen-bond acceptors (Lipinski definition) is 3. The molecule has 10 aromatic rings. The van der Waals surface area contributed by atoms with Crippen LogP contribution in [0, 0.1) is 0 Å². The maximum atomic E-state index is 11.0. The van der Waals surface area contributed by atoms with E-state index in [1.807, 2.05) is 54.6 Å². The SMILES string of the molecule is C=Cc1ccc(Oc2ccc(C3(c4ccc(C(C)(C)C)cc4)c4ccccc4-c4ccc(Br)cc43)cc2)cc1.CC(C)(C)c1ccc(C2(c3ccc(Oc4ccc(C=O)cc4)cc3)c3ccccc3-c3ccc(Br)cc32)cc1. The smallest absolute Gasteiger partial charge is 0.150 e. The van der Waals surface area contributed by atoms with Gasteiger partial charge in [0.1, 0.15) is 29.3 Å². The van der Waals surface area contributed by atoms with Gasteiger partial charge in [-0.3, -0.25) is 4.79 Å². The molecule has 2 unspecified atom stereocenters. The lowest BCUT2D eigenvalue weighted by atomic mass is 9.67. The molecule has 0 amide bonds. The summed E-state index contributed by atoms with van der Waals surface area (Å²) in [5, 5.41) is 0. The van der Waals surface area contributed by atoms with E-state index < -0.39 is 10.8 Å². The van der Waals surface area contributed by atoms with Crippen LogP contribution < -0.4 is 9.47 Å². The summed E-state index contributed by atoms with van der Waals surface area (Å²) >= 11 is 7.54. The summed E-state index contributed by atoms with van der Waals surface area (Å²) < 4.78 is 14.5. The molecule has 0 fully saturated rings. The molecular formula is C73H60Br2O3. The number of rotatable bonds is 10. The number of benzene rings is 10. The van der Waals surface area contributed by atoms with Crippen molar-refractivity contribution in [2.24, 2.45) is 0 Å². The van der Waals surface area contributed by atoms with Crippen LogP contribution in [0.15, 0.2) is 246 Å². The van der Waals surface area contributed by atoms with Crippen LogP contribution >= 0.6 is 31.9 Å². The predicted octanol–water partition coefficient (Wildman–Crippen LogP) is 20.3. The highest BCUT2D eigenvalue weighted by Crippen LogP contribution is 2.58. The van der Waals surface area contributed by atoms with Crippen LogP contribution in [0.4, 0.5) is 0 Å². The van der Waals surface area contributed by atoms with E-state index in [4.69, 9.17) is 9.47 Å². The lowest BCUT2D eigenvalue weighted by Gasteiger charge is -2.34. The highest BCUT2D eigenvalue weighted by atomic mass is 79.9. The first-order valence-electron chi connectivity index (χ1n) is 26.5. The minimum absolute atomic E-state index is 0.0725. The molecule has 0 spiro atoms. The third kappa shape index (κ3) is 9.47. The molecule has 12 rings (SSSR count). The van der Waals surface area contributed by atoms with Gasteiger partial charge >= 0.3 is 0 Å². The van der Waals surface area contributed by atoms with Gasteiger partial charge in [0.25, 0.3) is 0 Å². The first-order chi connectivity index (χ1) is 37.6. The molecule has 384 valence electrons. The molecule has 10 aromatic carbocycles. The van der Waals surface area contributed by atoms with Gasteiger partial charge in [0.2, 0.25) is 0 Å².